The summed E-state index contributed by atoms with van der Waals surface area (Å²) in [6.07, 6.45) is 1.54. The molecule has 0 bridgehead atoms. The number of rotatable bonds is 5. The van der Waals surface area contributed by atoms with Gasteiger partial charge < -0.3 is 14.2 Å². The average Bonchev–Trinajstić information content (AvgIpc) is 3.25. The second-order valence-corrected chi connectivity index (χ2v) is 5.15. The molecule has 1 unspecified atom stereocenters. The number of benzene rings is 1. The van der Waals surface area contributed by atoms with Crippen LogP contribution in [0.5, 0.6) is 17.8 Å². The van der Waals surface area contributed by atoms with Gasteiger partial charge in [-0.3, -0.25) is 0 Å². The van der Waals surface area contributed by atoms with Gasteiger partial charge in [-0.05, 0) is 31.9 Å². The van der Waals surface area contributed by atoms with E-state index in [1.54, 1.807) is 0 Å². The van der Waals surface area contributed by atoms with Crippen LogP contribution in [0.4, 0.5) is 0 Å². The Labute approximate surface area is 123 Å². The maximum atomic E-state index is 5.78. The van der Waals surface area contributed by atoms with Crippen molar-refractivity contribution in [2.24, 2.45) is 0 Å². The highest BCUT2D eigenvalue weighted by Crippen LogP contribution is 2.28. The van der Waals surface area contributed by atoms with Crippen LogP contribution in [0, 0.1) is 20.8 Å². The van der Waals surface area contributed by atoms with E-state index in [4.69, 9.17) is 14.2 Å². The molecule has 1 aliphatic heterocycles. The molecular formula is C15H17N3O3. The second-order valence-electron chi connectivity index (χ2n) is 5.15. The van der Waals surface area contributed by atoms with Crippen molar-refractivity contribution in [1.82, 2.24) is 15.0 Å². The molecule has 2 aromatic rings. The zero-order chi connectivity index (χ0) is 14.8. The third-order valence-corrected chi connectivity index (χ3v) is 3.13. The van der Waals surface area contributed by atoms with Crippen molar-refractivity contribution in [3.63, 3.8) is 0 Å². The van der Waals surface area contributed by atoms with E-state index in [1.165, 1.54) is 11.9 Å². The summed E-state index contributed by atoms with van der Waals surface area (Å²) in [7, 11) is 0. The molecule has 2 heterocycles. The Bertz CT molecular complexity index is 633. The molecule has 3 rings (SSSR count). The summed E-state index contributed by atoms with van der Waals surface area (Å²) in [5.41, 5.74) is 3.28. The third kappa shape index (κ3) is 3.46. The number of ether oxygens (including phenoxy) is 3. The minimum absolute atomic E-state index is 0.160. The van der Waals surface area contributed by atoms with Crippen molar-refractivity contribution in [1.29, 1.82) is 0 Å². The van der Waals surface area contributed by atoms with Gasteiger partial charge in [0.05, 0.1) is 6.61 Å². The van der Waals surface area contributed by atoms with Gasteiger partial charge in [0.1, 0.15) is 24.8 Å². The topological polar surface area (TPSA) is 69.7 Å². The molecule has 6 nitrogen and oxygen atoms in total. The highest BCUT2D eigenvalue weighted by molar-refractivity contribution is 5.44. The van der Waals surface area contributed by atoms with E-state index in [0.29, 0.717) is 6.61 Å². The number of epoxide rings is 1. The van der Waals surface area contributed by atoms with Crippen molar-refractivity contribution in [3.05, 3.63) is 35.2 Å². The molecule has 1 saturated heterocycles. The highest BCUT2D eigenvalue weighted by Gasteiger charge is 2.23. The number of aryl methyl sites for hydroxylation is 3. The molecule has 110 valence electrons. The molecule has 0 aliphatic carbocycles. The first kappa shape index (κ1) is 13.8. The van der Waals surface area contributed by atoms with E-state index in [2.05, 4.69) is 34.0 Å². The van der Waals surface area contributed by atoms with Gasteiger partial charge in [-0.15, -0.1) is 4.98 Å². The summed E-state index contributed by atoms with van der Waals surface area (Å²) in [5.74, 6) is 0.767. The van der Waals surface area contributed by atoms with Crippen LogP contribution in [0.1, 0.15) is 16.7 Å². The Morgan fingerprint density at radius 3 is 2.48 bits per heavy atom. The Balaban J connectivity index is 1.76. The van der Waals surface area contributed by atoms with Gasteiger partial charge >= 0.3 is 12.0 Å². The van der Waals surface area contributed by atoms with Crippen LogP contribution in [0.2, 0.25) is 0 Å². The maximum Gasteiger partial charge on any atom is 0.328 e. The van der Waals surface area contributed by atoms with E-state index >= 15 is 0 Å². The molecule has 0 saturated carbocycles. The van der Waals surface area contributed by atoms with E-state index in [-0.39, 0.29) is 18.1 Å². The molecule has 0 spiro atoms. The van der Waals surface area contributed by atoms with Crippen LogP contribution in [0.3, 0.4) is 0 Å². The summed E-state index contributed by atoms with van der Waals surface area (Å²) in [5, 5.41) is 0. The second kappa shape index (κ2) is 5.65. The quantitative estimate of drug-likeness (QED) is 0.786. The van der Waals surface area contributed by atoms with E-state index < -0.39 is 0 Å². The monoisotopic (exact) mass is 287 g/mol. The fraction of sp³-hybridized carbons (Fsp3) is 0.400. The van der Waals surface area contributed by atoms with E-state index in [9.17, 15) is 0 Å². The molecule has 1 aliphatic rings. The lowest BCUT2D eigenvalue weighted by molar-refractivity contribution is 0.242. The molecule has 0 N–H and O–H groups in total. The number of nitrogens with zero attached hydrogens (tertiary/aromatic N) is 3. The lowest BCUT2D eigenvalue weighted by Crippen LogP contribution is -2.07. The fourth-order valence-corrected chi connectivity index (χ4v) is 2.14. The summed E-state index contributed by atoms with van der Waals surface area (Å²) in [4.78, 5) is 12.1. The predicted octanol–water partition coefficient (Wildman–Crippen LogP) is 2.37. The van der Waals surface area contributed by atoms with Gasteiger partial charge in [0.15, 0.2) is 0 Å². The zero-order valence-corrected chi connectivity index (χ0v) is 12.3. The van der Waals surface area contributed by atoms with E-state index in [1.807, 2.05) is 13.8 Å². The first-order valence-electron chi connectivity index (χ1n) is 6.81. The maximum absolute atomic E-state index is 5.78. The molecule has 1 fully saturated rings. The van der Waals surface area contributed by atoms with Crippen LogP contribution in [0.15, 0.2) is 18.5 Å². The SMILES string of the molecule is Cc1cc(C)c(Oc2ncnc(OCC3CO3)n2)c(C)c1. The van der Waals surface area contributed by atoms with Gasteiger partial charge in [0.2, 0.25) is 0 Å². The summed E-state index contributed by atoms with van der Waals surface area (Å²) < 4.78 is 16.3. The standard InChI is InChI=1S/C15H17N3O3/c1-9-4-10(2)13(11(3)5-9)21-15-17-8-16-14(18-15)20-7-12-6-19-12/h4-5,8,12H,6-7H2,1-3H3. The smallest absolute Gasteiger partial charge is 0.328 e. The Morgan fingerprint density at radius 2 is 1.81 bits per heavy atom. The molecule has 0 radical (unpaired) electrons. The Hall–Kier alpha value is -2.21. The van der Waals surface area contributed by atoms with E-state index in [0.717, 1.165) is 23.5 Å². The van der Waals surface area contributed by atoms with Crippen molar-refractivity contribution in [3.8, 4) is 17.8 Å². The number of aromatic nitrogens is 3. The number of hydrogen-bond donors (Lipinski definition) is 0. The zero-order valence-electron chi connectivity index (χ0n) is 12.3. The number of hydrogen-bond acceptors (Lipinski definition) is 6. The normalized spacial score (nSPS) is 16.6. The average molecular weight is 287 g/mol. The molecule has 1 aromatic carbocycles. The third-order valence-electron chi connectivity index (χ3n) is 3.13. The molecule has 6 heteroatoms. The van der Waals surface area contributed by atoms with Crippen molar-refractivity contribution in [2.75, 3.05) is 13.2 Å². The van der Waals surface area contributed by atoms with Gasteiger partial charge in [0.25, 0.3) is 0 Å². The van der Waals surface area contributed by atoms with Crippen LogP contribution in [0.25, 0.3) is 0 Å². The molecule has 0 amide bonds. The minimum Gasteiger partial charge on any atom is -0.460 e. The summed E-state index contributed by atoms with van der Waals surface area (Å²) in [6.45, 7) is 7.23. The minimum atomic E-state index is 0.160. The van der Waals surface area contributed by atoms with Gasteiger partial charge in [0, 0.05) is 0 Å². The summed E-state index contributed by atoms with van der Waals surface area (Å²) >= 11 is 0. The van der Waals surface area contributed by atoms with Gasteiger partial charge in [-0.2, -0.15) is 9.97 Å². The van der Waals surface area contributed by atoms with Crippen LogP contribution >= 0.6 is 0 Å². The van der Waals surface area contributed by atoms with Crippen LogP contribution in [-0.4, -0.2) is 34.3 Å². The molecule has 1 atom stereocenters. The van der Waals surface area contributed by atoms with Crippen molar-refractivity contribution in [2.45, 2.75) is 26.9 Å². The molecular weight excluding hydrogens is 270 g/mol. The Morgan fingerprint density at radius 1 is 1.14 bits per heavy atom. The first-order valence-corrected chi connectivity index (χ1v) is 6.81. The lowest BCUT2D eigenvalue weighted by Gasteiger charge is -2.11. The first-order chi connectivity index (χ1) is 10.1. The molecule has 1 aromatic heterocycles. The van der Waals surface area contributed by atoms with Crippen molar-refractivity contribution < 1.29 is 14.2 Å². The summed E-state index contributed by atoms with van der Waals surface area (Å²) in [6, 6.07) is 4.60. The molecule has 21 heavy (non-hydrogen) atoms. The van der Waals surface area contributed by atoms with Crippen LogP contribution in [-0.2, 0) is 4.74 Å². The Kier molecular flexibility index (Phi) is 3.70. The predicted molar refractivity (Wildman–Crippen MR) is 75.8 cm³/mol. The van der Waals surface area contributed by atoms with Gasteiger partial charge in [-0.1, -0.05) is 17.7 Å². The lowest BCUT2D eigenvalue weighted by atomic mass is 10.1. The van der Waals surface area contributed by atoms with Crippen LogP contribution < -0.4 is 9.47 Å². The largest absolute Gasteiger partial charge is 0.460 e. The van der Waals surface area contributed by atoms with Crippen molar-refractivity contribution >= 4 is 0 Å². The highest BCUT2D eigenvalue weighted by atomic mass is 16.6. The fourth-order valence-electron chi connectivity index (χ4n) is 2.14. The van der Waals surface area contributed by atoms with Gasteiger partial charge in [-0.25, -0.2) is 0 Å².